The van der Waals surface area contributed by atoms with Crippen molar-refractivity contribution in [3.8, 4) is 6.07 Å². The first kappa shape index (κ1) is 14.2. The number of hydrogen-bond donors (Lipinski definition) is 0. The molecule has 0 aromatic carbocycles. The van der Waals surface area contributed by atoms with Crippen LogP contribution in [0, 0.1) is 11.3 Å². The average molecular weight is 181 g/mol. The monoisotopic (exact) mass is 181 g/mol. The Morgan fingerprint density at radius 2 is 2.08 bits per heavy atom. The van der Waals surface area contributed by atoms with Crippen molar-refractivity contribution in [3.63, 3.8) is 0 Å². The standard InChI is InChI=1S/C9H10FN.C2H6/c1-3-5-8(6-4-2)9(10)7-11;1-2/h3-6,9H,1H2,2H3;1-2H3/b6-4-,8-5+;. The van der Waals surface area contributed by atoms with E-state index in [9.17, 15) is 4.39 Å². The minimum atomic E-state index is -1.55. The Morgan fingerprint density at radius 3 is 2.38 bits per heavy atom. The van der Waals surface area contributed by atoms with Crippen LogP contribution in [0.3, 0.4) is 0 Å². The number of nitriles is 1. The minimum Gasteiger partial charge on any atom is -0.226 e. The van der Waals surface area contributed by atoms with Crippen molar-refractivity contribution in [2.45, 2.75) is 26.9 Å². The number of hydrogen-bond acceptors (Lipinski definition) is 1. The first-order chi connectivity index (χ1) is 6.26. The van der Waals surface area contributed by atoms with Crippen LogP contribution in [0.15, 0.2) is 36.5 Å². The highest BCUT2D eigenvalue weighted by Crippen LogP contribution is 2.07. The molecule has 0 fully saturated rings. The summed E-state index contributed by atoms with van der Waals surface area (Å²) < 4.78 is 12.6. The van der Waals surface area contributed by atoms with E-state index in [1.807, 2.05) is 13.8 Å². The summed E-state index contributed by atoms with van der Waals surface area (Å²) >= 11 is 0. The molecule has 0 rings (SSSR count). The van der Waals surface area contributed by atoms with Crippen LogP contribution in [-0.2, 0) is 0 Å². The molecule has 2 heteroatoms. The van der Waals surface area contributed by atoms with E-state index in [0.717, 1.165) is 0 Å². The fourth-order valence-electron chi connectivity index (χ4n) is 0.628. The van der Waals surface area contributed by atoms with Crippen LogP contribution < -0.4 is 0 Å². The molecule has 0 saturated heterocycles. The van der Waals surface area contributed by atoms with Gasteiger partial charge in [-0.15, -0.1) is 0 Å². The van der Waals surface area contributed by atoms with Crippen molar-refractivity contribution in [3.05, 3.63) is 36.5 Å². The lowest BCUT2D eigenvalue weighted by molar-refractivity contribution is 0.464. The molecule has 13 heavy (non-hydrogen) atoms. The van der Waals surface area contributed by atoms with E-state index in [-0.39, 0.29) is 0 Å². The zero-order valence-electron chi connectivity index (χ0n) is 8.42. The summed E-state index contributed by atoms with van der Waals surface area (Å²) in [7, 11) is 0. The summed E-state index contributed by atoms with van der Waals surface area (Å²) in [6.45, 7) is 9.18. The highest BCUT2D eigenvalue weighted by Gasteiger charge is 2.06. The lowest BCUT2D eigenvalue weighted by Crippen LogP contribution is -1.97. The van der Waals surface area contributed by atoms with Gasteiger partial charge in [0.15, 0.2) is 0 Å². The van der Waals surface area contributed by atoms with E-state index in [1.165, 1.54) is 18.2 Å². The Bertz CT molecular complexity index is 221. The van der Waals surface area contributed by atoms with E-state index in [1.54, 1.807) is 19.1 Å². The summed E-state index contributed by atoms with van der Waals surface area (Å²) in [4.78, 5) is 0. The molecule has 0 amide bonds. The first-order valence-corrected chi connectivity index (χ1v) is 4.25. The van der Waals surface area contributed by atoms with Crippen LogP contribution in [0.2, 0.25) is 0 Å². The fraction of sp³-hybridized carbons (Fsp3) is 0.364. The Balaban J connectivity index is 0. The normalized spacial score (nSPS) is 12.7. The van der Waals surface area contributed by atoms with Gasteiger partial charge in [-0.05, 0) is 12.5 Å². The second-order valence-electron chi connectivity index (χ2n) is 1.89. The molecule has 1 nitrogen and oxygen atoms in total. The number of nitrogens with zero attached hydrogens (tertiary/aromatic N) is 1. The second-order valence-corrected chi connectivity index (χ2v) is 1.89. The average Bonchev–Trinajstić information content (AvgIpc) is 2.19. The smallest absolute Gasteiger partial charge is 0.211 e. The number of allylic oxidation sites excluding steroid dienone is 5. The van der Waals surface area contributed by atoms with Crippen molar-refractivity contribution in [2.75, 3.05) is 0 Å². The van der Waals surface area contributed by atoms with Crippen LogP contribution in [0.1, 0.15) is 20.8 Å². The van der Waals surface area contributed by atoms with Gasteiger partial charge in [-0.2, -0.15) is 5.26 Å². The summed E-state index contributed by atoms with van der Waals surface area (Å²) in [5.74, 6) is 0. The van der Waals surface area contributed by atoms with Crippen LogP contribution >= 0.6 is 0 Å². The Hall–Kier alpha value is -1.36. The van der Waals surface area contributed by atoms with Gasteiger partial charge < -0.3 is 0 Å². The molecule has 72 valence electrons. The lowest BCUT2D eigenvalue weighted by atomic mass is 10.1. The maximum absolute atomic E-state index is 12.6. The predicted molar refractivity (Wildman–Crippen MR) is 55.0 cm³/mol. The summed E-state index contributed by atoms with van der Waals surface area (Å²) in [6, 6.07) is 1.50. The topological polar surface area (TPSA) is 23.8 Å². The van der Waals surface area contributed by atoms with Crippen molar-refractivity contribution in [1.29, 1.82) is 5.26 Å². The van der Waals surface area contributed by atoms with Crippen molar-refractivity contribution < 1.29 is 4.39 Å². The van der Waals surface area contributed by atoms with Crippen LogP contribution in [0.4, 0.5) is 4.39 Å². The van der Waals surface area contributed by atoms with Gasteiger partial charge in [-0.1, -0.05) is 44.7 Å². The van der Waals surface area contributed by atoms with Gasteiger partial charge >= 0.3 is 0 Å². The van der Waals surface area contributed by atoms with Gasteiger partial charge in [-0.3, -0.25) is 0 Å². The van der Waals surface area contributed by atoms with Gasteiger partial charge in [0.2, 0.25) is 6.17 Å². The molecule has 0 aliphatic carbocycles. The fourth-order valence-corrected chi connectivity index (χ4v) is 0.628. The SMILES string of the molecule is C=C/C=C(\C=C/C)C(F)C#N.CC. The Labute approximate surface area is 79.9 Å². The number of halogens is 1. The molecule has 0 aromatic rings. The zero-order chi connectivity index (χ0) is 10.7. The number of alkyl halides is 1. The molecule has 0 aromatic heterocycles. The molecule has 0 bridgehead atoms. The molecule has 0 radical (unpaired) electrons. The largest absolute Gasteiger partial charge is 0.226 e. The third-order valence-electron chi connectivity index (χ3n) is 1.08. The molecule has 0 heterocycles. The van der Waals surface area contributed by atoms with Gasteiger partial charge in [0.1, 0.15) is 6.07 Å². The summed E-state index contributed by atoms with van der Waals surface area (Å²) in [5, 5.41) is 8.22. The minimum absolute atomic E-state index is 0.338. The quantitative estimate of drug-likeness (QED) is 0.611. The molecule has 0 aliphatic rings. The molecule has 0 N–H and O–H groups in total. The molecular weight excluding hydrogens is 165 g/mol. The Morgan fingerprint density at radius 1 is 1.54 bits per heavy atom. The van der Waals surface area contributed by atoms with Crippen LogP contribution in [0.25, 0.3) is 0 Å². The molecule has 1 unspecified atom stereocenters. The van der Waals surface area contributed by atoms with E-state index < -0.39 is 6.17 Å². The van der Waals surface area contributed by atoms with E-state index in [2.05, 4.69) is 6.58 Å². The maximum atomic E-state index is 12.6. The highest BCUT2D eigenvalue weighted by atomic mass is 19.1. The molecule has 0 spiro atoms. The second kappa shape index (κ2) is 10.6. The number of rotatable bonds is 3. The van der Waals surface area contributed by atoms with Gasteiger partial charge in [-0.25, -0.2) is 4.39 Å². The molecular formula is C11H16FN. The third-order valence-corrected chi connectivity index (χ3v) is 1.08. The molecule has 0 saturated carbocycles. The Kier molecular flexibility index (Phi) is 11.6. The maximum Gasteiger partial charge on any atom is 0.211 e. The predicted octanol–water partition coefficient (Wildman–Crippen LogP) is 3.56. The van der Waals surface area contributed by atoms with Gasteiger partial charge in [0.05, 0.1) is 0 Å². The zero-order valence-corrected chi connectivity index (χ0v) is 8.42. The van der Waals surface area contributed by atoms with Crippen LogP contribution in [-0.4, -0.2) is 6.17 Å². The van der Waals surface area contributed by atoms with E-state index in [0.29, 0.717) is 5.57 Å². The lowest BCUT2D eigenvalue weighted by Gasteiger charge is -1.97. The van der Waals surface area contributed by atoms with Crippen LogP contribution in [0.5, 0.6) is 0 Å². The van der Waals surface area contributed by atoms with Crippen molar-refractivity contribution >= 4 is 0 Å². The molecule has 1 atom stereocenters. The summed E-state index contributed by atoms with van der Waals surface area (Å²) in [5.41, 5.74) is 0.338. The highest BCUT2D eigenvalue weighted by molar-refractivity contribution is 5.30. The summed E-state index contributed by atoms with van der Waals surface area (Å²) in [6.07, 6.45) is 4.62. The third kappa shape index (κ3) is 7.02. The molecule has 0 aliphatic heterocycles. The van der Waals surface area contributed by atoms with Crippen molar-refractivity contribution in [2.24, 2.45) is 0 Å². The van der Waals surface area contributed by atoms with Gasteiger partial charge in [0.25, 0.3) is 0 Å². The van der Waals surface area contributed by atoms with E-state index in [4.69, 9.17) is 5.26 Å². The van der Waals surface area contributed by atoms with Gasteiger partial charge in [0, 0.05) is 0 Å². The van der Waals surface area contributed by atoms with Crippen molar-refractivity contribution in [1.82, 2.24) is 0 Å². The first-order valence-electron chi connectivity index (χ1n) is 4.25. The van der Waals surface area contributed by atoms with E-state index >= 15 is 0 Å².